The Morgan fingerprint density at radius 2 is 1.79 bits per heavy atom. The molecule has 0 atom stereocenters. The molecule has 124 valence electrons. The number of hydrogen-bond donors (Lipinski definition) is 1. The van der Waals surface area contributed by atoms with Crippen molar-refractivity contribution >= 4 is 17.5 Å². The van der Waals surface area contributed by atoms with E-state index in [0.29, 0.717) is 18.5 Å². The molecule has 0 aliphatic carbocycles. The number of carbonyl (C=O) groups excluding carboxylic acids is 2. The summed E-state index contributed by atoms with van der Waals surface area (Å²) in [6.45, 7) is 6.72. The molecule has 0 saturated carbocycles. The second-order valence-electron chi connectivity index (χ2n) is 6.53. The van der Waals surface area contributed by atoms with Crippen LogP contribution in [0, 0.1) is 20.8 Å². The molecule has 3 rings (SSSR count). The standard InChI is InChI=1S/C20H22N2O2/c1-12-7-13(2)17(14(3)8-12)11-21-20(24)15-5-6-18-16(9-15)10-19(23)22(18)4/h5-9H,10-11H2,1-4H3,(H,21,24). The fraction of sp³-hybridized carbons (Fsp3) is 0.300. The van der Waals surface area contributed by atoms with Crippen molar-refractivity contribution in [3.63, 3.8) is 0 Å². The van der Waals surface area contributed by atoms with Gasteiger partial charge in [-0.1, -0.05) is 17.7 Å². The van der Waals surface area contributed by atoms with Gasteiger partial charge in [0.15, 0.2) is 0 Å². The van der Waals surface area contributed by atoms with Crippen molar-refractivity contribution in [3.05, 3.63) is 63.7 Å². The number of hydrogen-bond acceptors (Lipinski definition) is 2. The molecule has 0 bridgehead atoms. The van der Waals surface area contributed by atoms with E-state index in [0.717, 1.165) is 16.8 Å². The number of fused-ring (bicyclic) bond motifs is 1. The van der Waals surface area contributed by atoms with E-state index in [1.165, 1.54) is 16.7 Å². The van der Waals surface area contributed by atoms with Gasteiger partial charge in [0, 0.05) is 24.8 Å². The topological polar surface area (TPSA) is 49.4 Å². The van der Waals surface area contributed by atoms with Crippen LogP contribution in [0.1, 0.15) is 38.2 Å². The van der Waals surface area contributed by atoms with Gasteiger partial charge in [-0.15, -0.1) is 0 Å². The van der Waals surface area contributed by atoms with Gasteiger partial charge in [-0.2, -0.15) is 0 Å². The third-order valence-corrected chi connectivity index (χ3v) is 4.68. The minimum absolute atomic E-state index is 0.0634. The molecule has 0 radical (unpaired) electrons. The summed E-state index contributed by atoms with van der Waals surface area (Å²) in [6.07, 6.45) is 0.364. The van der Waals surface area contributed by atoms with Gasteiger partial charge in [-0.05, 0) is 61.2 Å². The number of nitrogens with zero attached hydrogens (tertiary/aromatic N) is 1. The average Bonchev–Trinajstić information content (AvgIpc) is 2.80. The van der Waals surface area contributed by atoms with Crippen molar-refractivity contribution in [2.45, 2.75) is 33.7 Å². The van der Waals surface area contributed by atoms with E-state index >= 15 is 0 Å². The Labute approximate surface area is 142 Å². The summed E-state index contributed by atoms with van der Waals surface area (Å²) in [5, 5.41) is 2.99. The first-order valence-electron chi connectivity index (χ1n) is 8.11. The molecule has 0 fully saturated rings. The summed E-state index contributed by atoms with van der Waals surface area (Å²) in [6, 6.07) is 9.70. The molecule has 2 amide bonds. The second-order valence-corrected chi connectivity index (χ2v) is 6.53. The van der Waals surface area contributed by atoms with Crippen molar-refractivity contribution < 1.29 is 9.59 Å². The van der Waals surface area contributed by atoms with Gasteiger partial charge in [0.05, 0.1) is 6.42 Å². The minimum Gasteiger partial charge on any atom is -0.348 e. The first-order valence-corrected chi connectivity index (χ1v) is 8.11. The van der Waals surface area contributed by atoms with Gasteiger partial charge in [0.1, 0.15) is 0 Å². The molecule has 24 heavy (non-hydrogen) atoms. The van der Waals surface area contributed by atoms with Gasteiger partial charge in [0.25, 0.3) is 5.91 Å². The number of likely N-dealkylation sites (N-methyl/N-ethyl adjacent to an activating group) is 1. The Balaban J connectivity index is 1.75. The molecule has 0 aromatic heterocycles. The largest absolute Gasteiger partial charge is 0.348 e. The SMILES string of the molecule is Cc1cc(C)c(CNC(=O)c2ccc3c(c2)CC(=O)N3C)c(C)c1. The first-order chi connectivity index (χ1) is 11.4. The van der Waals surface area contributed by atoms with Crippen LogP contribution in [0.25, 0.3) is 0 Å². The molecule has 1 aliphatic rings. The zero-order valence-electron chi connectivity index (χ0n) is 14.6. The van der Waals surface area contributed by atoms with E-state index in [1.54, 1.807) is 18.0 Å². The molecule has 1 N–H and O–H groups in total. The number of benzene rings is 2. The third kappa shape index (κ3) is 2.92. The van der Waals surface area contributed by atoms with E-state index < -0.39 is 0 Å². The molecular weight excluding hydrogens is 300 g/mol. The zero-order valence-corrected chi connectivity index (χ0v) is 14.6. The molecule has 4 heteroatoms. The van der Waals surface area contributed by atoms with E-state index in [1.807, 2.05) is 12.1 Å². The lowest BCUT2D eigenvalue weighted by Gasteiger charge is -2.13. The van der Waals surface area contributed by atoms with Crippen molar-refractivity contribution in [2.75, 3.05) is 11.9 Å². The number of anilines is 1. The Bertz CT molecular complexity index is 817. The first kappa shape index (κ1) is 16.2. The quantitative estimate of drug-likeness (QED) is 0.944. The van der Waals surface area contributed by atoms with Gasteiger partial charge in [-0.3, -0.25) is 9.59 Å². The maximum Gasteiger partial charge on any atom is 0.251 e. The predicted molar refractivity (Wildman–Crippen MR) is 95.4 cm³/mol. The zero-order chi connectivity index (χ0) is 17.4. The highest BCUT2D eigenvalue weighted by molar-refractivity contribution is 6.03. The number of amides is 2. The minimum atomic E-state index is -0.112. The summed E-state index contributed by atoms with van der Waals surface area (Å²) in [4.78, 5) is 25.8. The predicted octanol–water partition coefficient (Wildman–Crippen LogP) is 3.06. The highest BCUT2D eigenvalue weighted by Gasteiger charge is 2.24. The molecule has 0 saturated heterocycles. The van der Waals surface area contributed by atoms with E-state index in [4.69, 9.17) is 0 Å². The lowest BCUT2D eigenvalue weighted by molar-refractivity contribution is -0.117. The normalized spacial score (nSPS) is 13.2. The number of nitrogens with one attached hydrogen (secondary N) is 1. The van der Waals surface area contributed by atoms with Crippen LogP contribution in [-0.2, 0) is 17.8 Å². The van der Waals surface area contributed by atoms with Crippen LogP contribution in [0.4, 0.5) is 5.69 Å². The smallest absolute Gasteiger partial charge is 0.251 e. The van der Waals surface area contributed by atoms with Crippen LogP contribution in [0.15, 0.2) is 30.3 Å². The molecule has 0 spiro atoms. The number of carbonyl (C=O) groups is 2. The molecule has 2 aromatic rings. The summed E-state index contributed by atoms with van der Waals surface area (Å²) >= 11 is 0. The summed E-state index contributed by atoms with van der Waals surface area (Å²) in [7, 11) is 1.76. The van der Waals surface area contributed by atoms with Crippen LogP contribution >= 0.6 is 0 Å². The lowest BCUT2D eigenvalue weighted by Crippen LogP contribution is -2.24. The Morgan fingerprint density at radius 1 is 1.12 bits per heavy atom. The van der Waals surface area contributed by atoms with Gasteiger partial charge in [-0.25, -0.2) is 0 Å². The average molecular weight is 322 g/mol. The Morgan fingerprint density at radius 3 is 2.46 bits per heavy atom. The Hall–Kier alpha value is -2.62. The summed E-state index contributed by atoms with van der Waals surface area (Å²) in [5.41, 5.74) is 7.17. The van der Waals surface area contributed by atoms with Gasteiger partial charge < -0.3 is 10.2 Å². The van der Waals surface area contributed by atoms with E-state index in [2.05, 4.69) is 38.2 Å². The fourth-order valence-electron chi connectivity index (χ4n) is 3.37. The molecule has 1 heterocycles. The molecular formula is C20H22N2O2. The van der Waals surface area contributed by atoms with Gasteiger partial charge >= 0.3 is 0 Å². The maximum absolute atomic E-state index is 12.5. The number of rotatable bonds is 3. The van der Waals surface area contributed by atoms with Crippen molar-refractivity contribution in [3.8, 4) is 0 Å². The van der Waals surface area contributed by atoms with Gasteiger partial charge in [0.2, 0.25) is 5.91 Å². The number of aryl methyl sites for hydroxylation is 3. The van der Waals surface area contributed by atoms with Crippen LogP contribution in [0.5, 0.6) is 0 Å². The fourth-order valence-corrected chi connectivity index (χ4v) is 3.37. The highest BCUT2D eigenvalue weighted by atomic mass is 16.2. The van der Waals surface area contributed by atoms with E-state index in [9.17, 15) is 9.59 Å². The summed E-state index contributed by atoms with van der Waals surface area (Å²) in [5.74, 6) is -0.0485. The Kier molecular flexibility index (Phi) is 4.14. The van der Waals surface area contributed by atoms with Crippen molar-refractivity contribution in [2.24, 2.45) is 0 Å². The third-order valence-electron chi connectivity index (χ3n) is 4.68. The summed E-state index contributed by atoms with van der Waals surface area (Å²) < 4.78 is 0. The van der Waals surface area contributed by atoms with Crippen molar-refractivity contribution in [1.82, 2.24) is 5.32 Å². The second kappa shape index (κ2) is 6.11. The lowest BCUT2D eigenvalue weighted by atomic mass is 9.99. The molecule has 2 aromatic carbocycles. The van der Waals surface area contributed by atoms with E-state index in [-0.39, 0.29) is 11.8 Å². The molecule has 0 unspecified atom stereocenters. The maximum atomic E-state index is 12.5. The molecule has 4 nitrogen and oxygen atoms in total. The van der Waals surface area contributed by atoms with Crippen LogP contribution in [-0.4, -0.2) is 18.9 Å². The monoisotopic (exact) mass is 322 g/mol. The van der Waals surface area contributed by atoms with Crippen LogP contribution in [0.2, 0.25) is 0 Å². The van der Waals surface area contributed by atoms with Crippen LogP contribution < -0.4 is 10.2 Å². The highest BCUT2D eigenvalue weighted by Crippen LogP contribution is 2.28. The van der Waals surface area contributed by atoms with Crippen LogP contribution in [0.3, 0.4) is 0 Å². The molecule has 1 aliphatic heterocycles. The van der Waals surface area contributed by atoms with Crippen molar-refractivity contribution in [1.29, 1.82) is 0 Å².